The molecule has 6 unspecified atom stereocenters. The van der Waals surface area contributed by atoms with Crippen molar-refractivity contribution in [1.29, 1.82) is 0 Å². The molecule has 118 heavy (non-hydrogen) atoms. The van der Waals surface area contributed by atoms with E-state index in [9.17, 15) is 142 Å². The molecule has 0 bridgehead atoms. The highest BCUT2D eigenvalue weighted by atomic mass is 19.4. The maximum atomic E-state index is 14.2. The molecule has 46 heteroatoms. The van der Waals surface area contributed by atoms with Gasteiger partial charge in [0.05, 0.1) is 0 Å². The standard InChI is InChI=1S/C21H30F2O6.C14H17F3O6.C14H11F3O6.C13H15F5O6.C10H11F3O6/c1-14(2)19(25)29-17(12-27-18(24)11-15-7-3-4-8-15)13-28-20(26)21(22,23)16-9-5-6-10-16;2*1-7(2)12(19)22-10-4-9(21-8(3)18)5-11(6-10)23-13(20)14(15,16)17;1-7(2)10(20)24-8(6-23-11(21)12(3,14)15)5-22-9(19)4-13(16,17)18;1-3-8(15)18-5-7(4-17-6(2)14)19-9(16)10(11,12)13/h15-17H,1,3-13H2,2H3;9-11H,1,4-6H2,2-3H3;4-6H,1H2,2-3H3;8H,1,4-6H2,2-3H3;3,7H,1,4-5H2,2H3. The molecule has 0 radical (unpaired) electrons. The van der Waals surface area contributed by atoms with Gasteiger partial charge in [0.25, 0.3) is 0 Å². The molecule has 1 aromatic carbocycles. The van der Waals surface area contributed by atoms with Crippen LogP contribution >= 0.6 is 0 Å². The Balaban J connectivity index is 0.00000146. The summed E-state index contributed by atoms with van der Waals surface area (Å²) in [6, 6.07) is 2.79. The summed E-state index contributed by atoms with van der Waals surface area (Å²) in [6.45, 7) is 21.1. The number of alkyl halides is 16. The highest BCUT2D eigenvalue weighted by molar-refractivity contribution is 5.90. The molecule has 0 spiro atoms. The first-order valence-corrected chi connectivity index (χ1v) is 34.3. The molecule has 4 rings (SSSR count). The third kappa shape index (κ3) is 46.6. The predicted octanol–water partition coefficient (Wildman–Crippen LogP) is 11.5. The Labute approximate surface area is 661 Å². The molecule has 0 aliphatic heterocycles. The Morgan fingerprint density at radius 2 is 0.780 bits per heavy atom. The van der Waals surface area contributed by atoms with Crippen LogP contribution in [0.5, 0.6) is 17.2 Å². The van der Waals surface area contributed by atoms with E-state index in [0.29, 0.717) is 12.8 Å². The fourth-order valence-electron chi connectivity index (χ4n) is 9.04. The molecule has 3 aliphatic carbocycles. The molecule has 30 nitrogen and oxygen atoms in total. The lowest BCUT2D eigenvalue weighted by Crippen LogP contribution is -2.41. The molecule has 0 aromatic heterocycles. The van der Waals surface area contributed by atoms with Crippen LogP contribution in [0.4, 0.5) is 70.2 Å². The predicted molar refractivity (Wildman–Crippen MR) is 362 cm³/mol. The minimum Gasteiger partial charge on any atom is -0.462 e. The average Bonchev–Trinajstić information content (AvgIpc) is 1.57. The van der Waals surface area contributed by atoms with E-state index in [2.05, 4.69) is 75.5 Å². The third-order valence-corrected chi connectivity index (χ3v) is 14.4. The first-order valence-electron chi connectivity index (χ1n) is 34.3. The van der Waals surface area contributed by atoms with Crippen LogP contribution in [0.25, 0.3) is 0 Å². The first-order chi connectivity index (χ1) is 54.0. The van der Waals surface area contributed by atoms with Crippen LogP contribution < -0.4 is 14.2 Å². The Bertz CT molecular complexity index is 3710. The van der Waals surface area contributed by atoms with E-state index in [4.69, 9.17) is 28.4 Å². The van der Waals surface area contributed by atoms with Crippen molar-refractivity contribution in [3.63, 3.8) is 0 Å². The van der Waals surface area contributed by atoms with E-state index >= 15 is 0 Å². The highest BCUT2D eigenvalue weighted by Crippen LogP contribution is 2.39. The molecule has 3 fully saturated rings. The third-order valence-electron chi connectivity index (χ3n) is 14.4. The van der Waals surface area contributed by atoms with Gasteiger partial charge in [-0.15, -0.1) is 0 Å². The zero-order valence-corrected chi connectivity index (χ0v) is 64.2. The van der Waals surface area contributed by atoms with E-state index in [1.54, 1.807) is 0 Å². The number of benzene rings is 1. The molecule has 0 saturated heterocycles. The maximum absolute atomic E-state index is 14.2. The Morgan fingerprint density at radius 3 is 1.19 bits per heavy atom. The van der Waals surface area contributed by atoms with Crippen molar-refractivity contribution in [3.05, 3.63) is 79.5 Å². The van der Waals surface area contributed by atoms with Crippen LogP contribution in [-0.4, -0.2) is 202 Å². The van der Waals surface area contributed by atoms with E-state index in [1.165, 1.54) is 27.7 Å². The van der Waals surface area contributed by atoms with Gasteiger partial charge in [0, 0.05) is 106 Å². The molecule has 0 amide bonds. The largest absolute Gasteiger partial charge is 0.491 e. The Hall–Kier alpha value is -11.2. The van der Waals surface area contributed by atoms with Crippen molar-refractivity contribution in [2.24, 2.45) is 11.8 Å². The fraction of sp³-hybridized carbons (Fsp3) is 0.569. The van der Waals surface area contributed by atoms with Gasteiger partial charge in [-0.05, 0) is 59.3 Å². The van der Waals surface area contributed by atoms with Crippen LogP contribution in [0.1, 0.15) is 139 Å². The molecular formula is C72H84F16O30. The minimum absolute atomic E-state index is 0.0247. The van der Waals surface area contributed by atoms with Gasteiger partial charge in [0.15, 0.2) is 18.3 Å². The molecule has 6 atom stereocenters. The summed E-state index contributed by atoms with van der Waals surface area (Å²) in [5.41, 5.74) is 0.115. The maximum Gasteiger partial charge on any atom is 0.491 e. The lowest BCUT2D eigenvalue weighted by molar-refractivity contribution is -0.210. The van der Waals surface area contributed by atoms with Crippen LogP contribution in [0, 0.1) is 11.8 Å². The average molecular weight is 1730 g/mol. The lowest BCUT2D eigenvalue weighted by Gasteiger charge is -2.33. The summed E-state index contributed by atoms with van der Waals surface area (Å²) in [4.78, 5) is 167. The van der Waals surface area contributed by atoms with Crippen LogP contribution in [0.15, 0.2) is 79.5 Å². The Morgan fingerprint density at radius 1 is 0.398 bits per heavy atom. The topological polar surface area (TPSA) is 394 Å². The number of ether oxygens (including phenoxy) is 15. The molecule has 0 N–H and O–H groups in total. The second kappa shape index (κ2) is 49.8. The van der Waals surface area contributed by atoms with Gasteiger partial charge in [-0.25, -0.2) is 47.9 Å². The minimum atomic E-state index is -5.22. The molecule has 3 saturated carbocycles. The second-order valence-corrected chi connectivity index (χ2v) is 25.5. The highest BCUT2D eigenvalue weighted by Gasteiger charge is 2.50. The van der Waals surface area contributed by atoms with Crippen molar-refractivity contribution in [2.45, 2.75) is 212 Å². The monoisotopic (exact) mass is 1730 g/mol. The number of carbonyl (C=O) groups excluding carboxylic acids is 15. The van der Waals surface area contributed by atoms with Gasteiger partial charge >= 0.3 is 126 Å². The summed E-state index contributed by atoms with van der Waals surface area (Å²) >= 11 is 0. The van der Waals surface area contributed by atoms with E-state index in [-0.39, 0.29) is 91.8 Å². The zero-order valence-electron chi connectivity index (χ0n) is 64.2. The van der Waals surface area contributed by atoms with Crippen molar-refractivity contribution < 1.29 is 213 Å². The number of rotatable bonds is 32. The SMILES string of the molecule is C=C(C)C(=O)OC(COC(=O)CC(F)(F)F)COC(=O)C(C)(F)F.C=C(C)C(=O)OC(COC(=O)CC1CCCC1)COC(=O)C(F)(F)C1CCCC1.C=C(C)C(=O)OC1CC(OC(C)=O)CC(OC(=O)C(F)(F)F)C1.C=C(C)C(=O)Oc1cc(OC(C)=O)cc(OC(=O)C(F)(F)F)c1.C=CC(=O)OCC(COC(C)=O)OC(=O)C(F)(F)F. The van der Waals surface area contributed by atoms with Crippen molar-refractivity contribution in [1.82, 2.24) is 0 Å². The summed E-state index contributed by atoms with van der Waals surface area (Å²) in [6.07, 6.45) is -22.5. The van der Waals surface area contributed by atoms with E-state index in [1.807, 2.05) is 0 Å². The van der Waals surface area contributed by atoms with Crippen LogP contribution in [-0.2, 0) is 129 Å². The molecule has 0 heterocycles. The van der Waals surface area contributed by atoms with Crippen molar-refractivity contribution in [3.8, 4) is 17.2 Å². The molecule has 1 aromatic rings. The first kappa shape index (κ1) is 107. The molecular weight excluding hydrogens is 1650 g/mol. The van der Waals surface area contributed by atoms with Gasteiger partial charge in [0.1, 0.15) is 81.6 Å². The summed E-state index contributed by atoms with van der Waals surface area (Å²) in [7, 11) is 0. The lowest BCUT2D eigenvalue weighted by atomic mass is 9.92. The van der Waals surface area contributed by atoms with Crippen molar-refractivity contribution >= 4 is 89.5 Å². The van der Waals surface area contributed by atoms with E-state index in [0.717, 1.165) is 70.7 Å². The number of esters is 15. The Kier molecular flexibility index (Phi) is 45.1. The fourth-order valence-corrected chi connectivity index (χ4v) is 9.04. The van der Waals surface area contributed by atoms with Crippen LogP contribution in [0.3, 0.4) is 0 Å². The summed E-state index contributed by atoms with van der Waals surface area (Å²) in [5.74, 6) is -28.9. The smallest absolute Gasteiger partial charge is 0.462 e. The van der Waals surface area contributed by atoms with Gasteiger partial charge in [0.2, 0.25) is 0 Å². The van der Waals surface area contributed by atoms with Gasteiger partial charge in [-0.1, -0.05) is 58.6 Å². The number of hydrogen-bond acceptors (Lipinski definition) is 30. The zero-order chi connectivity index (χ0) is 91.2. The molecule has 3 aliphatic rings. The number of carbonyl (C=O) groups is 15. The number of halogens is 16. The summed E-state index contributed by atoms with van der Waals surface area (Å²) in [5, 5.41) is 0. The van der Waals surface area contributed by atoms with Crippen LogP contribution in [0.2, 0.25) is 0 Å². The van der Waals surface area contributed by atoms with Gasteiger partial charge in [-0.2, -0.15) is 70.2 Å². The van der Waals surface area contributed by atoms with E-state index < -0.39 is 214 Å². The quantitative estimate of drug-likeness (QED) is 0.0212. The van der Waals surface area contributed by atoms with Gasteiger partial charge in [-0.3, -0.25) is 24.0 Å². The van der Waals surface area contributed by atoms with Crippen molar-refractivity contribution in [2.75, 3.05) is 39.6 Å². The summed E-state index contributed by atoms with van der Waals surface area (Å²) < 4.78 is 268. The number of hydrogen-bond donors (Lipinski definition) is 0. The normalized spacial score (nSPS) is 16.1. The van der Waals surface area contributed by atoms with Gasteiger partial charge < -0.3 is 71.1 Å². The second-order valence-electron chi connectivity index (χ2n) is 25.5. The molecule has 664 valence electrons.